The van der Waals surface area contributed by atoms with Gasteiger partial charge in [-0.2, -0.15) is 0 Å². The zero-order chi connectivity index (χ0) is 8.55. The van der Waals surface area contributed by atoms with Crippen LogP contribution in [-0.4, -0.2) is 9.97 Å². The molecule has 1 N–H and O–H groups in total. The molecule has 0 aliphatic heterocycles. The molecule has 1 heterocycles. The van der Waals surface area contributed by atoms with Gasteiger partial charge in [0.1, 0.15) is 5.82 Å². The molecule has 0 spiro atoms. The molecule has 1 atom stereocenters. The van der Waals surface area contributed by atoms with E-state index in [1.807, 2.05) is 24.3 Å². The van der Waals surface area contributed by atoms with Crippen molar-refractivity contribution in [1.29, 1.82) is 0 Å². The van der Waals surface area contributed by atoms with Crippen molar-refractivity contribution < 1.29 is 0 Å². The summed E-state index contributed by atoms with van der Waals surface area (Å²) in [6, 6.07) is 8.03. The molecule has 0 amide bonds. The monoisotopic (exact) mass is 304 g/mol. The zero-order valence-electron chi connectivity index (χ0n) is 7.12. The Kier molecular flexibility index (Phi) is 3.50. The normalized spacial score (nSPS) is 12.5. The van der Waals surface area contributed by atoms with Gasteiger partial charge in [-0.1, -0.05) is 28.1 Å². The molecule has 1 aromatic carbocycles. The number of aromatic amines is 1. The summed E-state index contributed by atoms with van der Waals surface area (Å²) in [5.74, 6) is 0.983. The highest BCUT2D eigenvalue weighted by Crippen LogP contribution is 2.21. The van der Waals surface area contributed by atoms with Gasteiger partial charge in [-0.15, -0.1) is 17.0 Å². The molecule has 0 fully saturated rings. The molecular weight excluding hydrogens is 296 g/mol. The molecule has 4 heteroatoms. The van der Waals surface area contributed by atoms with Crippen molar-refractivity contribution in [3.63, 3.8) is 0 Å². The van der Waals surface area contributed by atoms with Gasteiger partial charge in [0.05, 0.1) is 15.9 Å². The van der Waals surface area contributed by atoms with Crippen LogP contribution in [0, 0.1) is 0 Å². The largest absolute Gasteiger partial charge is 0.341 e. The molecule has 0 radical (unpaired) electrons. The molecule has 2 nitrogen and oxygen atoms in total. The fourth-order valence-electron chi connectivity index (χ4n) is 1.16. The zero-order valence-corrected chi connectivity index (χ0v) is 10.4. The Morgan fingerprint density at radius 1 is 1.38 bits per heavy atom. The highest BCUT2D eigenvalue weighted by molar-refractivity contribution is 9.09. The summed E-state index contributed by atoms with van der Waals surface area (Å²) in [6.07, 6.45) is 0. The molecule has 0 aliphatic carbocycles. The number of rotatable bonds is 1. The van der Waals surface area contributed by atoms with Crippen molar-refractivity contribution in [2.24, 2.45) is 0 Å². The average Bonchev–Trinajstić information content (AvgIpc) is 2.46. The van der Waals surface area contributed by atoms with Gasteiger partial charge in [0.25, 0.3) is 0 Å². The Morgan fingerprint density at radius 2 is 2.08 bits per heavy atom. The van der Waals surface area contributed by atoms with Crippen molar-refractivity contribution in [1.82, 2.24) is 9.97 Å². The predicted molar refractivity (Wildman–Crippen MR) is 63.8 cm³/mol. The number of H-pyrrole nitrogens is 1. The molecule has 2 aromatic rings. The first kappa shape index (κ1) is 10.7. The molecule has 0 aliphatic rings. The number of hydrogen-bond donors (Lipinski definition) is 1. The van der Waals surface area contributed by atoms with Crippen LogP contribution >= 0.6 is 32.9 Å². The molecular formula is C9H10Br2N2. The van der Waals surface area contributed by atoms with Crippen LogP contribution in [0.5, 0.6) is 0 Å². The van der Waals surface area contributed by atoms with Crippen LogP contribution in [0.4, 0.5) is 0 Å². The molecule has 0 saturated carbocycles. The van der Waals surface area contributed by atoms with Gasteiger partial charge >= 0.3 is 0 Å². The molecule has 1 unspecified atom stereocenters. The third-order valence-electron chi connectivity index (χ3n) is 1.78. The number of aromatic nitrogens is 2. The van der Waals surface area contributed by atoms with Gasteiger partial charge in [-0.25, -0.2) is 4.98 Å². The fraction of sp³-hybridized carbons (Fsp3) is 0.222. The van der Waals surface area contributed by atoms with Crippen LogP contribution in [-0.2, 0) is 0 Å². The van der Waals surface area contributed by atoms with Crippen LogP contribution in [0.3, 0.4) is 0 Å². The predicted octanol–water partition coefficient (Wildman–Crippen LogP) is 3.60. The lowest BCUT2D eigenvalue weighted by Crippen LogP contribution is -1.84. The van der Waals surface area contributed by atoms with E-state index in [1.165, 1.54) is 0 Å². The van der Waals surface area contributed by atoms with E-state index in [0.29, 0.717) is 0 Å². The number of benzene rings is 1. The number of fused-ring (bicyclic) bond motifs is 1. The number of alkyl halides is 1. The van der Waals surface area contributed by atoms with Crippen molar-refractivity contribution in [3.8, 4) is 0 Å². The Bertz CT molecular complexity index is 362. The second kappa shape index (κ2) is 4.24. The summed E-state index contributed by atoms with van der Waals surface area (Å²) in [5.41, 5.74) is 2.12. The van der Waals surface area contributed by atoms with Gasteiger partial charge in [-0.05, 0) is 19.1 Å². The minimum Gasteiger partial charge on any atom is -0.341 e. The highest BCUT2D eigenvalue weighted by Gasteiger charge is 2.05. The maximum absolute atomic E-state index is 4.41. The fourth-order valence-corrected chi connectivity index (χ4v) is 1.38. The topological polar surface area (TPSA) is 28.7 Å². The standard InChI is InChI=1S/C9H9BrN2.BrH/c1-6(10)9-11-7-4-2-3-5-8(7)12-9;/h2-6H,1H3,(H,11,12);1H. The third kappa shape index (κ3) is 2.11. The maximum Gasteiger partial charge on any atom is 0.120 e. The molecule has 2 rings (SSSR count). The van der Waals surface area contributed by atoms with Crippen LogP contribution in [0.1, 0.15) is 17.6 Å². The lowest BCUT2D eigenvalue weighted by molar-refractivity contribution is 0.990. The smallest absolute Gasteiger partial charge is 0.120 e. The van der Waals surface area contributed by atoms with E-state index in [4.69, 9.17) is 0 Å². The Hall–Kier alpha value is -0.350. The van der Waals surface area contributed by atoms with Gasteiger partial charge < -0.3 is 4.98 Å². The lowest BCUT2D eigenvalue weighted by atomic mass is 10.3. The quantitative estimate of drug-likeness (QED) is 0.801. The SMILES string of the molecule is Br.CC(Br)c1nc2ccccc2[nH]1. The van der Waals surface area contributed by atoms with E-state index in [1.54, 1.807) is 0 Å². The minimum absolute atomic E-state index is 0. The number of hydrogen-bond acceptors (Lipinski definition) is 1. The third-order valence-corrected chi connectivity index (χ3v) is 2.22. The van der Waals surface area contributed by atoms with Gasteiger partial charge in [0.2, 0.25) is 0 Å². The summed E-state index contributed by atoms with van der Waals surface area (Å²) >= 11 is 3.47. The first-order valence-electron chi connectivity index (χ1n) is 3.86. The van der Waals surface area contributed by atoms with Crippen molar-refractivity contribution in [2.75, 3.05) is 0 Å². The summed E-state index contributed by atoms with van der Waals surface area (Å²) in [5, 5.41) is 0. The Labute approximate surface area is 95.7 Å². The van der Waals surface area contributed by atoms with Crippen molar-refractivity contribution in [3.05, 3.63) is 30.1 Å². The van der Waals surface area contributed by atoms with E-state index < -0.39 is 0 Å². The summed E-state index contributed by atoms with van der Waals surface area (Å²) in [4.78, 5) is 7.93. The molecule has 1 aromatic heterocycles. The summed E-state index contributed by atoms with van der Waals surface area (Å²) in [7, 11) is 0. The van der Waals surface area contributed by atoms with Crippen LogP contribution < -0.4 is 0 Å². The second-order valence-electron chi connectivity index (χ2n) is 2.76. The second-order valence-corrected chi connectivity index (χ2v) is 4.13. The first-order valence-corrected chi connectivity index (χ1v) is 4.77. The molecule has 0 saturated heterocycles. The molecule has 70 valence electrons. The van der Waals surface area contributed by atoms with Gasteiger partial charge in [0, 0.05) is 0 Å². The van der Waals surface area contributed by atoms with Crippen LogP contribution in [0.2, 0.25) is 0 Å². The maximum atomic E-state index is 4.41. The van der Waals surface area contributed by atoms with E-state index in [-0.39, 0.29) is 21.8 Å². The molecule has 13 heavy (non-hydrogen) atoms. The average molecular weight is 306 g/mol. The van der Waals surface area contributed by atoms with Crippen molar-refractivity contribution in [2.45, 2.75) is 11.8 Å². The number of para-hydroxylation sites is 2. The van der Waals surface area contributed by atoms with Gasteiger partial charge in [0.15, 0.2) is 0 Å². The van der Waals surface area contributed by atoms with Crippen LogP contribution in [0.25, 0.3) is 11.0 Å². The van der Waals surface area contributed by atoms with Crippen LogP contribution in [0.15, 0.2) is 24.3 Å². The highest BCUT2D eigenvalue weighted by atomic mass is 79.9. The van der Waals surface area contributed by atoms with E-state index in [0.717, 1.165) is 16.9 Å². The lowest BCUT2D eigenvalue weighted by Gasteiger charge is -1.93. The molecule has 0 bridgehead atoms. The summed E-state index contributed by atoms with van der Waals surface area (Å²) in [6.45, 7) is 2.05. The number of halogens is 2. The van der Waals surface area contributed by atoms with E-state index in [9.17, 15) is 0 Å². The number of imidazole rings is 1. The van der Waals surface area contributed by atoms with E-state index in [2.05, 4.69) is 32.8 Å². The number of nitrogens with zero attached hydrogens (tertiary/aromatic N) is 1. The van der Waals surface area contributed by atoms with Gasteiger partial charge in [-0.3, -0.25) is 0 Å². The Morgan fingerprint density at radius 3 is 2.69 bits per heavy atom. The first-order chi connectivity index (χ1) is 5.77. The van der Waals surface area contributed by atoms with E-state index >= 15 is 0 Å². The number of nitrogens with one attached hydrogen (secondary N) is 1. The minimum atomic E-state index is 0. The Balaban J connectivity index is 0.000000845. The summed E-state index contributed by atoms with van der Waals surface area (Å²) < 4.78 is 0. The van der Waals surface area contributed by atoms with Crippen molar-refractivity contribution >= 4 is 43.9 Å².